The monoisotopic (exact) mass is 414 g/mol. The Hall–Kier alpha value is -1.00. The van der Waals surface area contributed by atoms with Crippen molar-refractivity contribution < 1.29 is 34.0 Å². The predicted octanol–water partition coefficient (Wildman–Crippen LogP) is 2.04. The van der Waals surface area contributed by atoms with Crippen molar-refractivity contribution in [1.82, 2.24) is 0 Å². The standard InChI is InChI=1S/C20H34O7Si/c1-20(2,3)28(5,6)26-12-15-16(21)18(17(22)19(23)27-15)25-11-13-7-9-14(24-4)10-8-13/h7-10,15-19,21-23H,11-12H2,1-6H3/t15-,16-,17+,18+,19+/m1/s1. The van der Waals surface area contributed by atoms with Gasteiger partial charge >= 0.3 is 0 Å². The highest BCUT2D eigenvalue weighted by molar-refractivity contribution is 6.74. The van der Waals surface area contributed by atoms with Crippen molar-refractivity contribution in [3.63, 3.8) is 0 Å². The third-order valence-corrected chi connectivity index (χ3v) is 10.2. The van der Waals surface area contributed by atoms with E-state index in [1.165, 1.54) is 0 Å². The van der Waals surface area contributed by atoms with Crippen LogP contribution in [0.5, 0.6) is 5.75 Å². The van der Waals surface area contributed by atoms with Crippen molar-refractivity contribution >= 4 is 8.32 Å². The molecule has 2 rings (SSSR count). The first-order chi connectivity index (χ1) is 13.0. The van der Waals surface area contributed by atoms with Crippen LogP contribution in [0.15, 0.2) is 24.3 Å². The highest BCUT2D eigenvalue weighted by atomic mass is 28.4. The summed E-state index contributed by atoms with van der Waals surface area (Å²) in [7, 11) is -0.457. The highest BCUT2D eigenvalue weighted by Gasteiger charge is 2.46. The molecule has 0 radical (unpaired) electrons. The summed E-state index contributed by atoms with van der Waals surface area (Å²) in [4.78, 5) is 0. The van der Waals surface area contributed by atoms with Gasteiger partial charge in [-0.25, -0.2) is 0 Å². The molecular formula is C20H34O7Si. The van der Waals surface area contributed by atoms with Crippen LogP contribution in [-0.2, 0) is 20.5 Å². The molecule has 1 aromatic carbocycles. The molecule has 8 heteroatoms. The van der Waals surface area contributed by atoms with Gasteiger partial charge in [0.2, 0.25) is 0 Å². The number of rotatable bonds is 7. The molecule has 0 amide bonds. The fourth-order valence-electron chi connectivity index (χ4n) is 2.67. The van der Waals surface area contributed by atoms with Crippen LogP contribution >= 0.6 is 0 Å². The topological polar surface area (TPSA) is 97.6 Å². The van der Waals surface area contributed by atoms with Gasteiger partial charge in [0, 0.05) is 0 Å². The fourth-order valence-corrected chi connectivity index (χ4v) is 3.69. The van der Waals surface area contributed by atoms with Gasteiger partial charge in [-0.15, -0.1) is 0 Å². The minimum absolute atomic E-state index is 0.00895. The first-order valence-electron chi connectivity index (χ1n) is 9.54. The molecule has 5 atom stereocenters. The number of aliphatic hydroxyl groups is 3. The van der Waals surface area contributed by atoms with Crippen LogP contribution in [0.1, 0.15) is 26.3 Å². The molecule has 3 N–H and O–H groups in total. The van der Waals surface area contributed by atoms with E-state index in [-0.39, 0.29) is 18.3 Å². The smallest absolute Gasteiger partial charge is 0.192 e. The lowest BCUT2D eigenvalue weighted by Crippen LogP contribution is -2.60. The van der Waals surface area contributed by atoms with Gasteiger partial charge in [0.15, 0.2) is 14.6 Å². The van der Waals surface area contributed by atoms with E-state index in [4.69, 9.17) is 18.6 Å². The number of hydrogen-bond acceptors (Lipinski definition) is 7. The van der Waals surface area contributed by atoms with E-state index in [2.05, 4.69) is 33.9 Å². The molecule has 0 spiro atoms. The zero-order valence-electron chi connectivity index (χ0n) is 17.6. The Morgan fingerprint density at radius 2 is 1.64 bits per heavy atom. The summed E-state index contributed by atoms with van der Waals surface area (Å²) in [5.74, 6) is 0.730. The van der Waals surface area contributed by atoms with E-state index in [0.29, 0.717) is 0 Å². The zero-order chi connectivity index (χ0) is 21.1. The van der Waals surface area contributed by atoms with Gasteiger partial charge in [0.1, 0.15) is 30.2 Å². The highest BCUT2D eigenvalue weighted by Crippen LogP contribution is 2.37. The molecule has 1 fully saturated rings. The third kappa shape index (κ3) is 5.53. The Morgan fingerprint density at radius 3 is 2.18 bits per heavy atom. The molecule has 0 bridgehead atoms. The van der Waals surface area contributed by atoms with Crippen molar-refractivity contribution in [1.29, 1.82) is 0 Å². The van der Waals surface area contributed by atoms with Crippen LogP contribution in [0.3, 0.4) is 0 Å². The maximum absolute atomic E-state index is 10.7. The second kappa shape index (κ2) is 9.21. The second-order valence-corrected chi connectivity index (χ2v) is 13.6. The van der Waals surface area contributed by atoms with Crippen LogP contribution in [0, 0.1) is 0 Å². The van der Waals surface area contributed by atoms with Crippen LogP contribution in [0.25, 0.3) is 0 Å². The average Bonchev–Trinajstić information content (AvgIpc) is 2.63. The lowest BCUT2D eigenvalue weighted by Gasteiger charge is -2.43. The van der Waals surface area contributed by atoms with Crippen LogP contribution in [0.2, 0.25) is 18.1 Å². The molecule has 28 heavy (non-hydrogen) atoms. The summed E-state index contributed by atoms with van der Waals surface area (Å²) < 4.78 is 22.4. The van der Waals surface area contributed by atoms with Crippen molar-refractivity contribution in [3.05, 3.63) is 29.8 Å². The van der Waals surface area contributed by atoms with Crippen molar-refractivity contribution in [2.45, 2.75) is 76.2 Å². The van der Waals surface area contributed by atoms with Gasteiger partial charge in [0.05, 0.1) is 20.3 Å². The maximum atomic E-state index is 10.7. The Bertz CT molecular complexity index is 614. The van der Waals surface area contributed by atoms with Gasteiger partial charge in [-0.3, -0.25) is 0 Å². The van der Waals surface area contributed by atoms with Gasteiger partial charge < -0.3 is 34.0 Å². The van der Waals surface area contributed by atoms with Crippen molar-refractivity contribution in [2.24, 2.45) is 0 Å². The molecule has 1 aliphatic heterocycles. The van der Waals surface area contributed by atoms with Gasteiger partial charge in [-0.2, -0.15) is 0 Å². The lowest BCUT2D eigenvalue weighted by atomic mass is 9.99. The van der Waals surface area contributed by atoms with Crippen LogP contribution < -0.4 is 4.74 Å². The van der Waals surface area contributed by atoms with Crippen molar-refractivity contribution in [3.8, 4) is 5.75 Å². The van der Waals surface area contributed by atoms with E-state index in [9.17, 15) is 15.3 Å². The van der Waals surface area contributed by atoms with Crippen LogP contribution in [-0.4, -0.2) is 68.1 Å². The van der Waals surface area contributed by atoms with Crippen LogP contribution in [0.4, 0.5) is 0 Å². The molecule has 0 saturated carbocycles. The zero-order valence-corrected chi connectivity index (χ0v) is 18.6. The van der Waals surface area contributed by atoms with Crippen molar-refractivity contribution in [2.75, 3.05) is 13.7 Å². The molecular weight excluding hydrogens is 380 g/mol. The molecule has 1 aromatic rings. The fraction of sp³-hybridized carbons (Fsp3) is 0.700. The Balaban J connectivity index is 2.00. The predicted molar refractivity (Wildman–Crippen MR) is 108 cm³/mol. The minimum Gasteiger partial charge on any atom is -0.497 e. The summed E-state index contributed by atoms with van der Waals surface area (Å²) in [6, 6.07) is 7.29. The number of ether oxygens (including phenoxy) is 3. The summed E-state index contributed by atoms with van der Waals surface area (Å²) in [6.07, 6.45) is -5.69. The summed E-state index contributed by atoms with van der Waals surface area (Å²) in [6.45, 7) is 10.9. The third-order valence-electron chi connectivity index (χ3n) is 5.68. The lowest BCUT2D eigenvalue weighted by molar-refractivity contribution is -0.295. The van der Waals surface area contributed by atoms with E-state index >= 15 is 0 Å². The summed E-state index contributed by atoms with van der Waals surface area (Å²) >= 11 is 0. The summed E-state index contributed by atoms with van der Waals surface area (Å²) in [5, 5.41) is 31.0. The first-order valence-corrected chi connectivity index (χ1v) is 12.5. The number of benzene rings is 1. The van der Waals surface area contributed by atoms with Gasteiger partial charge in [-0.1, -0.05) is 32.9 Å². The molecule has 0 aliphatic carbocycles. The molecule has 1 saturated heterocycles. The number of methoxy groups -OCH3 is 1. The molecule has 7 nitrogen and oxygen atoms in total. The molecule has 1 heterocycles. The average molecular weight is 415 g/mol. The van der Waals surface area contributed by atoms with E-state index in [1.54, 1.807) is 19.2 Å². The maximum Gasteiger partial charge on any atom is 0.192 e. The van der Waals surface area contributed by atoms with E-state index in [1.807, 2.05) is 12.1 Å². The number of hydrogen-bond donors (Lipinski definition) is 3. The normalized spacial score (nSPS) is 29.0. The Kier molecular flexibility index (Phi) is 7.66. The molecule has 160 valence electrons. The van der Waals surface area contributed by atoms with E-state index in [0.717, 1.165) is 11.3 Å². The molecule has 0 unspecified atom stereocenters. The summed E-state index contributed by atoms with van der Waals surface area (Å²) in [5.41, 5.74) is 0.857. The Labute approximate surface area is 168 Å². The van der Waals surface area contributed by atoms with Gasteiger partial charge in [0.25, 0.3) is 0 Å². The molecule has 0 aromatic heterocycles. The van der Waals surface area contributed by atoms with Gasteiger partial charge in [-0.05, 0) is 35.8 Å². The molecule has 1 aliphatic rings. The Morgan fingerprint density at radius 1 is 1.04 bits per heavy atom. The number of aliphatic hydroxyl groups excluding tert-OH is 3. The SMILES string of the molecule is COc1ccc(CO[C@@H]2[C@H](O)[C@@H](O)O[C@H](CO[Si](C)(C)C(C)(C)C)[C@H]2O)cc1. The first kappa shape index (κ1) is 23.3. The second-order valence-electron chi connectivity index (χ2n) is 8.74. The quantitative estimate of drug-likeness (QED) is 0.588. The largest absolute Gasteiger partial charge is 0.497 e. The van der Waals surface area contributed by atoms with E-state index < -0.39 is 39.0 Å². The minimum atomic E-state index is -2.05.